The molecule has 0 unspecified atom stereocenters. The van der Waals surface area contributed by atoms with Gasteiger partial charge in [0, 0.05) is 17.9 Å². The van der Waals surface area contributed by atoms with Gasteiger partial charge in [-0.1, -0.05) is 16.9 Å². The standard InChI is InChI=1S/C14H12FN3O4S/c15-10-3-1-9(2-4-10)13-16-11(22-17-13)8-21-12(19)7-18-5-6-23-14(18)20/h1-4H,5-8H2. The van der Waals surface area contributed by atoms with Gasteiger partial charge in [0.05, 0.1) is 0 Å². The Morgan fingerprint density at radius 2 is 2.17 bits per heavy atom. The molecule has 1 aliphatic rings. The lowest BCUT2D eigenvalue weighted by atomic mass is 10.2. The van der Waals surface area contributed by atoms with Crippen LogP contribution < -0.4 is 0 Å². The van der Waals surface area contributed by atoms with Crippen molar-refractivity contribution >= 4 is 23.0 Å². The van der Waals surface area contributed by atoms with Crippen molar-refractivity contribution in [3.8, 4) is 11.4 Å². The van der Waals surface area contributed by atoms with Crippen molar-refractivity contribution in [3.63, 3.8) is 0 Å². The Morgan fingerprint density at radius 1 is 1.39 bits per heavy atom. The smallest absolute Gasteiger partial charge is 0.326 e. The molecule has 1 fully saturated rings. The summed E-state index contributed by atoms with van der Waals surface area (Å²) in [5.41, 5.74) is 0.590. The highest BCUT2D eigenvalue weighted by atomic mass is 32.2. The van der Waals surface area contributed by atoms with Gasteiger partial charge in [0.25, 0.3) is 11.1 Å². The number of nitrogens with zero attached hydrogens (tertiary/aromatic N) is 3. The van der Waals surface area contributed by atoms with Crippen molar-refractivity contribution in [2.75, 3.05) is 18.8 Å². The van der Waals surface area contributed by atoms with Crippen LogP contribution in [0.3, 0.4) is 0 Å². The number of hydrogen-bond donors (Lipinski definition) is 0. The van der Waals surface area contributed by atoms with Crippen molar-refractivity contribution in [1.82, 2.24) is 15.0 Å². The highest BCUT2D eigenvalue weighted by Gasteiger charge is 2.24. The molecule has 1 amide bonds. The first-order valence-electron chi connectivity index (χ1n) is 6.77. The molecule has 1 aliphatic heterocycles. The van der Waals surface area contributed by atoms with E-state index in [1.165, 1.54) is 40.9 Å². The molecule has 2 aromatic rings. The van der Waals surface area contributed by atoms with Crippen molar-refractivity contribution in [2.45, 2.75) is 6.61 Å². The van der Waals surface area contributed by atoms with Crippen LogP contribution in [0.15, 0.2) is 28.8 Å². The number of amides is 1. The van der Waals surface area contributed by atoms with E-state index >= 15 is 0 Å². The van der Waals surface area contributed by atoms with Crippen molar-refractivity contribution < 1.29 is 23.2 Å². The van der Waals surface area contributed by atoms with Crippen LogP contribution in [0.25, 0.3) is 11.4 Å². The number of rotatable bonds is 5. The van der Waals surface area contributed by atoms with Crippen LogP contribution in [0.5, 0.6) is 0 Å². The number of benzene rings is 1. The van der Waals surface area contributed by atoms with Crippen LogP contribution in [-0.4, -0.2) is 45.1 Å². The quantitative estimate of drug-likeness (QED) is 0.772. The number of ether oxygens (including phenoxy) is 1. The summed E-state index contributed by atoms with van der Waals surface area (Å²) in [7, 11) is 0. The molecule has 0 bridgehead atoms. The molecule has 0 radical (unpaired) electrons. The Labute approximate surface area is 134 Å². The number of hydrogen-bond acceptors (Lipinski definition) is 7. The van der Waals surface area contributed by atoms with Gasteiger partial charge in [-0.25, -0.2) is 4.39 Å². The zero-order valence-corrected chi connectivity index (χ0v) is 12.7. The second-order valence-corrected chi connectivity index (χ2v) is 5.76. The van der Waals surface area contributed by atoms with Gasteiger partial charge in [0.1, 0.15) is 12.4 Å². The minimum absolute atomic E-state index is 0.0925. The lowest BCUT2D eigenvalue weighted by Gasteiger charge is -2.12. The van der Waals surface area contributed by atoms with Crippen LogP contribution >= 0.6 is 11.8 Å². The van der Waals surface area contributed by atoms with E-state index in [0.29, 0.717) is 17.9 Å². The molecule has 1 aromatic carbocycles. The lowest BCUT2D eigenvalue weighted by molar-refractivity contribution is -0.146. The maximum atomic E-state index is 12.9. The van der Waals surface area contributed by atoms with E-state index in [4.69, 9.17) is 9.26 Å². The Balaban J connectivity index is 1.53. The second kappa shape index (κ2) is 6.78. The third kappa shape index (κ3) is 3.86. The van der Waals surface area contributed by atoms with Crippen LogP contribution in [0.2, 0.25) is 0 Å². The molecular weight excluding hydrogens is 325 g/mol. The molecule has 0 saturated carbocycles. The summed E-state index contributed by atoms with van der Waals surface area (Å²) in [6, 6.07) is 5.62. The van der Waals surface area contributed by atoms with E-state index < -0.39 is 5.97 Å². The van der Waals surface area contributed by atoms with Crippen LogP contribution in [0.4, 0.5) is 9.18 Å². The molecule has 0 aliphatic carbocycles. The lowest BCUT2D eigenvalue weighted by Crippen LogP contribution is -2.30. The molecule has 9 heteroatoms. The topological polar surface area (TPSA) is 85.5 Å². The molecule has 1 aromatic heterocycles. The average Bonchev–Trinajstić information content (AvgIpc) is 3.16. The molecule has 7 nitrogen and oxygen atoms in total. The molecule has 0 spiro atoms. The number of halogens is 1. The normalized spacial score (nSPS) is 14.3. The fraction of sp³-hybridized carbons (Fsp3) is 0.286. The summed E-state index contributed by atoms with van der Waals surface area (Å²) < 4.78 is 22.8. The first-order chi connectivity index (χ1) is 11.1. The predicted molar refractivity (Wildman–Crippen MR) is 78.9 cm³/mol. The van der Waals surface area contributed by atoms with Gasteiger partial charge in [-0.2, -0.15) is 4.98 Å². The second-order valence-electron chi connectivity index (χ2n) is 4.72. The Bertz CT molecular complexity index is 719. The van der Waals surface area contributed by atoms with Crippen LogP contribution in [0.1, 0.15) is 5.89 Å². The number of carbonyl (C=O) groups excluding carboxylic acids is 2. The molecular formula is C14H12FN3O4S. The van der Waals surface area contributed by atoms with Crippen molar-refractivity contribution in [1.29, 1.82) is 0 Å². The monoisotopic (exact) mass is 337 g/mol. The minimum atomic E-state index is -0.539. The molecule has 0 N–H and O–H groups in total. The average molecular weight is 337 g/mol. The van der Waals surface area contributed by atoms with E-state index in [2.05, 4.69) is 10.1 Å². The number of carbonyl (C=O) groups is 2. The molecule has 3 rings (SSSR count). The number of aromatic nitrogens is 2. The summed E-state index contributed by atoms with van der Waals surface area (Å²) in [6.07, 6.45) is 0. The van der Waals surface area contributed by atoms with Gasteiger partial charge in [-0.3, -0.25) is 9.59 Å². The summed E-state index contributed by atoms with van der Waals surface area (Å²) in [5.74, 6) is 0.182. The first kappa shape index (κ1) is 15.5. The van der Waals surface area contributed by atoms with Crippen molar-refractivity contribution in [2.24, 2.45) is 0 Å². The molecule has 1 saturated heterocycles. The highest BCUT2D eigenvalue weighted by Crippen LogP contribution is 2.18. The minimum Gasteiger partial charge on any atom is -0.454 e. The number of esters is 1. The van der Waals surface area contributed by atoms with Crippen LogP contribution in [-0.2, 0) is 16.1 Å². The Morgan fingerprint density at radius 3 is 2.87 bits per heavy atom. The molecule has 23 heavy (non-hydrogen) atoms. The highest BCUT2D eigenvalue weighted by molar-refractivity contribution is 8.13. The van der Waals surface area contributed by atoms with E-state index in [0.717, 1.165) is 0 Å². The fourth-order valence-electron chi connectivity index (χ4n) is 1.94. The Hall–Kier alpha value is -2.42. The zero-order valence-electron chi connectivity index (χ0n) is 11.9. The molecule has 120 valence electrons. The van der Waals surface area contributed by atoms with Gasteiger partial charge in [0.15, 0.2) is 6.61 Å². The van der Waals surface area contributed by atoms with Crippen LogP contribution in [0, 0.1) is 5.82 Å². The van der Waals surface area contributed by atoms with E-state index in [1.54, 1.807) is 0 Å². The van der Waals surface area contributed by atoms with E-state index in [9.17, 15) is 14.0 Å². The summed E-state index contributed by atoms with van der Waals surface area (Å²) in [5, 5.41) is 3.62. The van der Waals surface area contributed by atoms with Gasteiger partial charge in [0.2, 0.25) is 5.82 Å². The third-order valence-electron chi connectivity index (χ3n) is 3.09. The SMILES string of the molecule is O=C(CN1CCSC1=O)OCc1nc(-c2ccc(F)cc2)no1. The summed E-state index contributed by atoms with van der Waals surface area (Å²) >= 11 is 1.18. The third-order valence-corrected chi connectivity index (χ3v) is 3.98. The van der Waals surface area contributed by atoms with Gasteiger partial charge >= 0.3 is 5.97 Å². The van der Waals surface area contributed by atoms with Gasteiger partial charge in [-0.15, -0.1) is 0 Å². The van der Waals surface area contributed by atoms with Gasteiger partial charge < -0.3 is 14.2 Å². The number of thioether (sulfide) groups is 1. The summed E-state index contributed by atoms with van der Waals surface area (Å²) in [6.45, 7) is 0.265. The van der Waals surface area contributed by atoms with E-state index in [1.807, 2.05) is 0 Å². The largest absolute Gasteiger partial charge is 0.454 e. The molecule has 2 heterocycles. The zero-order chi connectivity index (χ0) is 16.2. The van der Waals surface area contributed by atoms with Gasteiger partial charge in [-0.05, 0) is 24.3 Å². The fourth-order valence-corrected chi connectivity index (χ4v) is 2.77. The molecule has 0 atom stereocenters. The van der Waals surface area contributed by atoms with Crippen molar-refractivity contribution in [3.05, 3.63) is 36.0 Å². The predicted octanol–water partition coefficient (Wildman–Crippen LogP) is 2.09. The maximum Gasteiger partial charge on any atom is 0.326 e. The summed E-state index contributed by atoms with van der Waals surface area (Å²) in [4.78, 5) is 28.5. The maximum absolute atomic E-state index is 12.9. The Kier molecular flexibility index (Phi) is 4.56. The first-order valence-corrected chi connectivity index (χ1v) is 7.76. The van der Waals surface area contributed by atoms with E-state index in [-0.39, 0.29) is 35.9 Å².